The summed E-state index contributed by atoms with van der Waals surface area (Å²) in [4.78, 5) is 1.14. The zero-order valence-corrected chi connectivity index (χ0v) is 12.9. The fraction of sp³-hybridized carbons (Fsp3) is 0.200. The van der Waals surface area contributed by atoms with Crippen molar-refractivity contribution in [1.29, 1.82) is 0 Å². The van der Waals surface area contributed by atoms with Crippen molar-refractivity contribution in [3.05, 3.63) is 58.6 Å². The van der Waals surface area contributed by atoms with Gasteiger partial charge in [0.05, 0.1) is 7.11 Å². The molecule has 0 aliphatic heterocycles. The van der Waals surface area contributed by atoms with Gasteiger partial charge in [0.25, 0.3) is 0 Å². The summed E-state index contributed by atoms with van der Waals surface area (Å²) in [6, 6.07) is 13.9. The molecular weight excluding hydrogens is 299 g/mol. The summed E-state index contributed by atoms with van der Waals surface area (Å²) < 4.78 is 5.14. The predicted molar refractivity (Wildman–Crippen MR) is 83.6 cm³/mol. The van der Waals surface area contributed by atoms with Crippen LogP contribution in [-0.4, -0.2) is 7.11 Å². The Bertz CT molecular complexity index is 540. The average Bonchev–Trinajstić information content (AvgIpc) is 2.45. The molecule has 0 N–H and O–H groups in total. The van der Waals surface area contributed by atoms with Crippen LogP contribution in [0.1, 0.15) is 11.1 Å². The van der Waals surface area contributed by atoms with Crippen molar-refractivity contribution in [3.63, 3.8) is 0 Å². The van der Waals surface area contributed by atoms with Gasteiger partial charge in [-0.25, -0.2) is 0 Å². The Morgan fingerprint density at radius 1 is 1.11 bits per heavy atom. The van der Waals surface area contributed by atoms with Gasteiger partial charge in [0.2, 0.25) is 0 Å². The molecule has 0 unspecified atom stereocenters. The minimum Gasteiger partial charge on any atom is -0.497 e. The van der Waals surface area contributed by atoms with Crippen LogP contribution in [-0.2, 0) is 11.6 Å². The number of rotatable bonds is 5. The minimum atomic E-state index is 0.435. The standard InChI is InChI=1S/C15H14Cl2OS/c1-18-12-7-5-11(6-8-12)10-19-15-4-2-3-14(17)13(15)9-16/h2-8H,9-10H2,1H3. The highest BCUT2D eigenvalue weighted by atomic mass is 35.5. The van der Waals surface area contributed by atoms with E-state index in [-0.39, 0.29) is 0 Å². The van der Waals surface area contributed by atoms with Crippen LogP contribution >= 0.6 is 35.0 Å². The Morgan fingerprint density at radius 2 is 1.84 bits per heavy atom. The summed E-state index contributed by atoms with van der Waals surface area (Å²) in [5.41, 5.74) is 2.25. The fourth-order valence-electron chi connectivity index (χ4n) is 1.69. The second-order valence-corrected chi connectivity index (χ2v) is 5.68. The van der Waals surface area contributed by atoms with Gasteiger partial charge in [0, 0.05) is 21.6 Å². The first-order valence-corrected chi connectivity index (χ1v) is 7.73. The fourth-order valence-corrected chi connectivity index (χ4v) is 3.47. The highest BCUT2D eigenvalue weighted by molar-refractivity contribution is 7.98. The Morgan fingerprint density at radius 3 is 2.47 bits per heavy atom. The van der Waals surface area contributed by atoms with Gasteiger partial charge in [-0.05, 0) is 35.4 Å². The van der Waals surface area contributed by atoms with Crippen molar-refractivity contribution in [1.82, 2.24) is 0 Å². The quantitative estimate of drug-likeness (QED) is 0.541. The SMILES string of the molecule is COc1ccc(CSc2cccc(Cl)c2CCl)cc1. The molecule has 0 spiro atoms. The topological polar surface area (TPSA) is 9.23 Å². The van der Waals surface area contributed by atoms with Crippen molar-refractivity contribution >= 4 is 35.0 Å². The van der Waals surface area contributed by atoms with E-state index in [0.717, 1.165) is 27.0 Å². The van der Waals surface area contributed by atoms with E-state index in [1.54, 1.807) is 18.9 Å². The zero-order valence-electron chi connectivity index (χ0n) is 10.5. The lowest BCUT2D eigenvalue weighted by Crippen LogP contribution is -1.88. The molecule has 19 heavy (non-hydrogen) atoms. The zero-order chi connectivity index (χ0) is 13.7. The second kappa shape index (κ2) is 7.09. The van der Waals surface area contributed by atoms with E-state index in [9.17, 15) is 0 Å². The van der Waals surface area contributed by atoms with E-state index >= 15 is 0 Å². The third-order valence-corrected chi connectivity index (χ3v) is 4.56. The van der Waals surface area contributed by atoms with Crippen molar-refractivity contribution in [3.8, 4) is 5.75 Å². The number of methoxy groups -OCH3 is 1. The maximum Gasteiger partial charge on any atom is 0.118 e. The van der Waals surface area contributed by atoms with E-state index < -0.39 is 0 Å². The summed E-state index contributed by atoms with van der Waals surface area (Å²) in [5.74, 6) is 2.19. The molecule has 0 heterocycles. The van der Waals surface area contributed by atoms with Crippen LogP contribution in [0.25, 0.3) is 0 Å². The van der Waals surface area contributed by atoms with Crippen molar-refractivity contribution in [2.45, 2.75) is 16.5 Å². The summed E-state index contributed by atoms with van der Waals surface area (Å²) in [6.45, 7) is 0. The molecule has 0 aliphatic rings. The molecule has 0 aliphatic carbocycles. The van der Waals surface area contributed by atoms with Crippen LogP contribution in [0.5, 0.6) is 5.75 Å². The molecule has 0 amide bonds. The maximum atomic E-state index is 6.14. The first-order chi connectivity index (χ1) is 9.24. The molecule has 0 aromatic heterocycles. The molecule has 4 heteroatoms. The van der Waals surface area contributed by atoms with Crippen molar-refractivity contribution < 1.29 is 4.74 Å². The summed E-state index contributed by atoms with van der Waals surface area (Å²) in [5, 5.41) is 0.731. The molecule has 0 radical (unpaired) electrons. The highest BCUT2D eigenvalue weighted by Crippen LogP contribution is 2.32. The Kier molecular flexibility index (Phi) is 5.44. The Balaban J connectivity index is 2.07. The van der Waals surface area contributed by atoms with E-state index in [1.807, 2.05) is 24.3 Å². The Labute approximate surface area is 127 Å². The number of halogens is 2. The molecule has 1 nitrogen and oxygen atoms in total. The van der Waals surface area contributed by atoms with E-state index in [0.29, 0.717) is 5.88 Å². The van der Waals surface area contributed by atoms with Crippen LogP contribution in [0.3, 0.4) is 0 Å². The molecule has 0 saturated heterocycles. The van der Waals surface area contributed by atoms with Gasteiger partial charge < -0.3 is 4.74 Å². The molecule has 2 rings (SSSR count). The van der Waals surface area contributed by atoms with Gasteiger partial charge in [-0.1, -0.05) is 29.8 Å². The van der Waals surface area contributed by atoms with Gasteiger partial charge >= 0.3 is 0 Å². The average molecular weight is 313 g/mol. The molecule has 0 atom stereocenters. The summed E-state index contributed by atoms with van der Waals surface area (Å²) in [6.07, 6.45) is 0. The lowest BCUT2D eigenvalue weighted by Gasteiger charge is -2.09. The lowest BCUT2D eigenvalue weighted by atomic mass is 10.2. The largest absolute Gasteiger partial charge is 0.497 e. The van der Waals surface area contributed by atoms with Crippen LogP contribution < -0.4 is 4.74 Å². The van der Waals surface area contributed by atoms with Crippen LogP contribution in [0.2, 0.25) is 5.02 Å². The van der Waals surface area contributed by atoms with E-state index in [2.05, 4.69) is 18.2 Å². The van der Waals surface area contributed by atoms with Crippen LogP contribution in [0, 0.1) is 0 Å². The molecule has 0 fully saturated rings. The molecule has 0 bridgehead atoms. The predicted octanol–water partition coefficient (Wildman–Crippen LogP) is 5.38. The third kappa shape index (κ3) is 3.82. The molecule has 2 aromatic rings. The van der Waals surface area contributed by atoms with Gasteiger partial charge in [-0.2, -0.15) is 0 Å². The molecule has 0 saturated carbocycles. The van der Waals surface area contributed by atoms with E-state index in [1.165, 1.54) is 5.56 Å². The normalized spacial score (nSPS) is 10.5. The van der Waals surface area contributed by atoms with Gasteiger partial charge in [-0.15, -0.1) is 23.4 Å². The smallest absolute Gasteiger partial charge is 0.118 e. The van der Waals surface area contributed by atoms with Crippen LogP contribution in [0.4, 0.5) is 0 Å². The number of benzene rings is 2. The maximum absolute atomic E-state index is 6.14. The number of hydrogen-bond acceptors (Lipinski definition) is 2. The van der Waals surface area contributed by atoms with Crippen molar-refractivity contribution in [2.75, 3.05) is 7.11 Å². The van der Waals surface area contributed by atoms with Crippen molar-refractivity contribution in [2.24, 2.45) is 0 Å². The third-order valence-electron chi connectivity index (χ3n) is 2.76. The second-order valence-electron chi connectivity index (χ2n) is 3.99. The minimum absolute atomic E-state index is 0.435. The van der Waals surface area contributed by atoms with Gasteiger partial charge in [-0.3, -0.25) is 0 Å². The highest BCUT2D eigenvalue weighted by Gasteiger charge is 2.06. The monoisotopic (exact) mass is 312 g/mol. The van der Waals surface area contributed by atoms with Gasteiger partial charge in [0.1, 0.15) is 5.75 Å². The molecular formula is C15H14Cl2OS. The number of thioether (sulfide) groups is 1. The van der Waals surface area contributed by atoms with Gasteiger partial charge in [0.15, 0.2) is 0 Å². The molecule has 100 valence electrons. The Hall–Kier alpha value is -0.830. The number of ether oxygens (including phenoxy) is 1. The number of alkyl halides is 1. The first-order valence-electron chi connectivity index (χ1n) is 5.83. The summed E-state index contributed by atoms with van der Waals surface area (Å²) >= 11 is 13.8. The summed E-state index contributed by atoms with van der Waals surface area (Å²) in [7, 11) is 1.67. The van der Waals surface area contributed by atoms with E-state index in [4.69, 9.17) is 27.9 Å². The first kappa shape index (κ1) is 14.6. The molecule has 2 aromatic carbocycles. The lowest BCUT2D eigenvalue weighted by molar-refractivity contribution is 0.414. The van der Waals surface area contributed by atoms with Crippen LogP contribution in [0.15, 0.2) is 47.4 Å². The number of hydrogen-bond donors (Lipinski definition) is 0.